The number of aromatic nitrogens is 3. The van der Waals surface area contributed by atoms with Gasteiger partial charge in [-0.1, -0.05) is 119 Å². The third-order valence-electron chi connectivity index (χ3n) is 10.9. The summed E-state index contributed by atoms with van der Waals surface area (Å²) in [7, 11) is 1.57. The van der Waals surface area contributed by atoms with E-state index in [4.69, 9.17) is 91.5 Å². The number of nitrogens with one attached hydrogen (secondary N) is 3. The van der Waals surface area contributed by atoms with Crippen molar-refractivity contribution in [3.8, 4) is 5.75 Å². The van der Waals surface area contributed by atoms with E-state index in [1.54, 1.807) is 61.3 Å². The predicted octanol–water partition coefficient (Wildman–Crippen LogP) is 14.4. The van der Waals surface area contributed by atoms with Crippen LogP contribution in [-0.2, 0) is 6.42 Å². The minimum Gasteiger partial charge on any atom is -0.495 e. The minimum atomic E-state index is -0.604. The van der Waals surface area contributed by atoms with Gasteiger partial charge in [0.1, 0.15) is 5.75 Å². The van der Waals surface area contributed by atoms with Gasteiger partial charge in [0, 0.05) is 45.3 Å². The molecule has 0 radical (unpaired) electrons. The average molecular weight is 1100 g/mol. The molecule has 0 aliphatic heterocycles. The molecule has 3 heterocycles. The zero-order valence-corrected chi connectivity index (χ0v) is 43.6. The van der Waals surface area contributed by atoms with E-state index >= 15 is 0 Å². The Morgan fingerprint density at radius 2 is 0.861 bits per heavy atom. The van der Waals surface area contributed by atoms with Crippen molar-refractivity contribution in [2.24, 2.45) is 17.2 Å². The SMILES string of the molecule is CCc1ccccc1Nc1c(C(N)=O)cnc2cc(Cl)c(Cl)cc12.COc1ccccc1Nc1c(C(N)=O)cnc2cc(Cl)c(Cl)cc12.CSc1ccccc1Nc1c(C(N)=O)cnc2cc(Cl)c(Cl)cc12. The maximum absolute atomic E-state index is 11.8. The Bertz CT molecular complexity index is 3200. The number of carbonyl (C=O) groups excluding carboxylic acids is 3. The van der Waals surface area contributed by atoms with Crippen molar-refractivity contribution in [3.05, 3.63) is 180 Å². The number of amides is 3. The molecule has 0 bridgehead atoms. The van der Waals surface area contributed by atoms with E-state index in [2.05, 4.69) is 37.8 Å². The molecule has 0 aliphatic carbocycles. The van der Waals surface area contributed by atoms with Gasteiger partial charge < -0.3 is 37.9 Å². The second kappa shape index (κ2) is 23.7. The molecule has 3 aromatic heterocycles. The highest BCUT2D eigenvalue weighted by Gasteiger charge is 2.20. The first-order valence-electron chi connectivity index (χ1n) is 21.4. The van der Waals surface area contributed by atoms with Crippen LogP contribution in [-0.4, -0.2) is 46.0 Å². The lowest BCUT2D eigenvalue weighted by atomic mass is 10.1. The van der Waals surface area contributed by atoms with Crippen molar-refractivity contribution in [2.45, 2.75) is 18.2 Å². The zero-order chi connectivity index (χ0) is 51.8. The summed E-state index contributed by atoms with van der Waals surface area (Å²) in [6.45, 7) is 2.07. The summed E-state index contributed by atoms with van der Waals surface area (Å²) in [5.41, 5.74) is 24.4. The fourth-order valence-electron chi connectivity index (χ4n) is 7.38. The molecule has 0 fully saturated rings. The van der Waals surface area contributed by atoms with Crippen molar-refractivity contribution in [1.82, 2.24) is 15.0 Å². The van der Waals surface area contributed by atoms with Gasteiger partial charge in [-0.05, 0) is 85.0 Å². The van der Waals surface area contributed by atoms with Crippen LogP contribution >= 0.6 is 81.4 Å². The molecular formula is C52H41Cl6N9O4S. The Morgan fingerprint density at radius 1 is 0.514 bits per heavy atom. The number of thioether (sulfide) groups is 1. The number of rotatable bonds is 12. The number of para-hydroxylation sites is 4. The number of primary amides is 3. The lowest BCUT2D eigenvalue weighted by molar-refractivity contribution is 0.0992. The van der Waals surface area contributed by atoms with E-state index in [0.29, 0.717) is 96.9 Å². The van der Waals surface area contributed by atoms with Gasteiger partial charge in [0.05, 0.1) is 98.9 Å². The number of ether oxygens (including phenoxy) is 1. The smallest absolute Gasteiger partial charge is 0.252 e. The molecule has 9 rings (SSSR count). The lowest BCUT2D eigenvalue weighted by Gasteiger charge is -2.16. The topological polar surface area (TPSA) is 213 Å². The molecule has 366 valence electrons. The van der Waals surface area contributed by atoms with Crippen LogP contribution in [0.4, 0.5) is 34.1 Å². The van der Waals surface area contributed by atoms with Crippen LogP contribution in [0.3, 0.4) is 0 Å². The second-order valence-electron chi connectivity index (χ2n) is 15.4. The van der Waals surface area contributed by atoms with Gasteiger partial charge >= 0.3 is 0 Å². The van der Waals surface area contributed by atoms with E-state index in [9.17, 15) is 14.4 Å². The normalized spacial score (nSPS) is 10.7. The Kier molecular flexibility index (Phi) is 17.4. The number of pyridine rings is 3. The largest absolute Gasteiger partial charge is 0.495 e. The lowest BCUT2D eigenvalue weighted by Crippen LogP contribution is -2.14. The molecule has 0 saturated carbocycles. The number of aryl methyl sites for hydroxylation is 1. The number of benzene rings is 6. The van der Waals surface area contributed by atoms with Crippen LogP contribution in [0.1, 0.15) is 43.6 Å². The van der Waals surface area contributed by atoms with E-state index in [1.165, 1.54) is 18.6 Å². The van der Waals surface area contributed by atoms with Crippen LogP contribution in [0.2, 0.25) is 30.1 Å². The summed E-state index contributed by atoms with van der Waals surface area (Å²) in [5.74, 6) is -1.11. The Morgan fingerprint density at radius 3 is 1.26 bits per heavy atom. The molecule has 72 heavy (non-hydrogen) atoms. The molecule has 0 saturated heterocycles. The molecule has 0 atom stereocenters. The quantitative estimate of drug-likeness (QED) is 0.0633. The third kappa shape index (κ3) is 11.9. The summed E-state index contributed by atoms with van der Waals surface area (Å²) in [4.78, 5) is 49.3. The summed E-state index contributed by atoms with van der Waals surface area (Å²) in [6, 6.07) is 33.0. The van der Waals surface area contributed by atoms with Gasteiger partial charge in [-0.2, -0.15) is 0 Å². The average Bonchev–Trinajstić information content (AvgIpc) is 3.36. The number of halogens is 6. The molecule has 9 N–H and O–H groups in total. The maximum atomic E-state index is 11.8. The van der Waals surface area contributed by atoms with Gasteiger partial charge in [0.2, 0.25) is 0 Å². The number of hydrogen-bond donors (Lipinski definition) is 6. The molecule has 3 amide bonds. The number of anilines is 6. The zero-order valence-electron chi connectivity index (χ0n) is 38.2. The highest BCUT2D eigenvalue weighted by Crippen LogP contribution is 2.39. The van der Waals surface area contributed by atoms with Crippen molar-refractivity contribution in [2.75, 3.05) is 29.3 Å². The third-order valence-corrected chi connectivity index (χ3v) is 13.9. The Labute approximate surface area is 447 Å². The summed E-state index contributed by atoms with van der Waals surface area (Å²) < 4.78 is 5.33. The molecule has 0 unspecified atom stereocenters. The van der Waals surface area contributed by atoms with Crippen LogP contribution in [0.25, 0.3) is 32.7 Å². The van der Waals surface area contributed by atoms with Gasteiger partial charge in [0.15, 0.2) is 0 Å². The summed E-state index contributed by atoms with van der Waals surface area (Å²) in [6.07, 6.45) is 7.14. The van der Waals surface area contributed by atoms with Crippen LogP contribution < -0.4 is 37.9 Å². The van der Waals surface area contributed by atoms with E-state index in [1.807, 2.05) is 73.0 Å². The van der Waals surface area contributed by atoms with Gasteiger partial charge in [-0.25, -0.2) is 0 Å². The minimum absolute atomic E-state index is 0.242. The maximum Gasteiger partial charge on any atom is 0.252 e. The van der Waals surface area contributed by atoms with Crippen molar-refractivity contribution >= 4 is 166 Å². The Hall–Kier alpha value is -6.75. The molecular weight excluding hydrogens is 1060 g/mol. The standard InChI is InChI=1S/C18H15Cl2N3O.C17H13Cl2N3O2.C17H13Cl2N3OS/c1-2-10-5-3-4-6-15(10)23-17-11-7-13(19)14(20)8-16(11)22-9-12(17)18(21)24;2*1-24-15-5-3-2-4-13(15)22-16-9-6-11(18)12(19)7-14(9)21-8-10(16)17(20)23/h3-9H,2H2,1H3,(H2,21,24)(H,22,23);2*2-8H,1H3,(H2,20,23)(H,21,22). The molecule has 13 nitrogen and oxygen atoms in total. The van der Waals surface area contributed by atoms with E-state index in [0.717, 1.165) is 28.3 Å². The first kappa shape index (κ1) is 53.1. The molecule has 6 aromatic carbocycles. The molecule has 0 aliphatic rings. The first-order valence-corrected chi connectivity index (χ1v) is 24.9. The van der Waals surface area contributed by atoms with E-state index in [-0.39, 0.29) is 11.1 Å². The number of nitrogens with two attached hydrogens (primary N) is 3. The number of fused-ring (bicyclic) bond motifs is 3. The second-order valence-corrected chi connectivity index (χ2v) is 18.7. The molecule has 0 spiro atoms. The highest BCUT2D eigenvalue weighted by atomic mass is 35.5. The van der Waals surface area contributed by atoms with Crippen molar-refractivity contribution in [3.63, 3.8) is 0 Å². The fourth-order valence-corrected chi connectivity index (χ4v) is 8.89. The summed E-state index contributed by atoms with van der Waals surface area (Å²) >= 11 is 38.2. The fraction of sp³-hybridized carbons (Fsp3) is 0.0769. The van der Waals surface area contributed by atoms with Crippen molar-refractivity contribution in [1.29, 1.82) is 0 Å². The van der Waals surface area contributed by atoms with Crippen molar-refractivity contribution < 1.29 is 19.1 Å². The first-order chi connectivity index (χ1) is 34.5. The van der Waals surface area contributed by atoms with E-state index < -0.39 is 17.7 Å². The monoisotopic (exact) mass is 1100 g/mol. The molecule has 20 heteroatoms. The van der Waals surface area contributed by atoms with Crippen LogP contribution in [0, 0.1) is 0 Å². The number of nitrogens with zero attached hydrogens (tertiary/aromatic N) is 3. The molecule has 9 aromatic rings. The number of carbonyl (C=O) groups is 3. The number of methoxy groups -OCH3 is 1. The number of hydrogen-bond acceptors (Lipinski definition) is 11. The van der Waals surface area contributed by atoms with Gasteiger partial charge in [-0.3, -0.25) is 29.3 Å². The Balaban J connectivity index is 0.000000158. The van der Waals surface area contributed by atoms with Crippen LogP contribution in [0.5, 0.6) is 5.75 Å². The van der Waals surface area contributed by atoms with Gasteiger partial charge in [0.25, 0.3) is 17.7 Å². The highest BCUT2D eigenvalue weighted by molar-refractivity contribution is 7.98. The van der Waals surface area contributed by atoms with Crippen LogP contribution in [0.15, 0.2) is 133 Å². The van der Waals surface area contributed by atoms with Gasteiger partial charge in [-0.15, -0.1) is 11.8 Å². The summed E-state index contributed by atoms with van der Waals surface area (Å²) in [5, 5.41) is 14.1. The predicted molar refractivity (Wildman–Crippen MR) is 298 cm³/mol.